The Labute approximate surface area is 157 Å². The fourth-order valence-electron chi connectivity index (χ4n) is 3.09. The van der Waals surface area contributed by atoms with Crippen LogP contribution in [0, 0.1) is 0 Å². The minimum atomic E-state index is -0.678. The van der Waals surface area contributed by atoms with E-state index in [9.17, 15) is 9.59 Å². The molecule has 1 aliphatic rings. The van der Waals surface area contributed by atoms with Crippen molar-refractivity contribution < 1.29 is 24.1 Å². The summed E-state index contributed by atoms with van der Waals surface area (Å²) in [6.07, 6.45) is 1.51. The van der Waals surface area contributed by atoms with Crippen molar-refractivity contribution >= 4 is 12.0 Å². The zero-order valence-electron chi connectivity index (χ0n) is 15.4. The fourth-order valence-corrected chi connectivity index (χ4v) is 3.09. The first-order valence-electron chi connectivity index (χ1n) is 8.99. The van der Waals surface area contributed by atoms with E-state index in [0.717, 1.165) is 0 Å². The Morgan fingerprint density at radius 2 is 2.04 bits per heavy atom. The molecular formula is C20H24N3O4+. The minimum absolute atomic E-state index is 0.163. The summed E-state index contributed by atoms with van der Waals surface area (Å²) >= 11 is 0. The van der Waals surface area contributed by atoms with Crippen molar-refractivity contribution in [2.24, 2.45) is 0 Å². The third kappa shape index (κ3) is 4.38. The molecule has 1 aromatic heterocycles. The number of hydrogen-bond donors (Lipinski definition) is 3. The number of furan rings is 1. The summed E-state index contributed by atoms with van der Waals surface area (Å²) in [4.78, 5) is 24.8. The summed E-state index contributed by atoms with van der Waals surface area (Å²) in [6, 6.07) is 12.6. The summed E-state index contributed by atoms with van der Waals surface area (Å²) < 4.78 is 10.7. The van der Waals surface area contributed by atoms with Crippen LogP contribution in [0.3, 0.4) is 0 Å². The largest absolute Gasteiger partial charge is 0.467 e. The molecule has 0 fully saturated rings. The molecular weight excluding hydrogens is 346 g/mol. The first-order chi connectivity index (χ1) is 13.1. The molecule has 2 heterocycles. The van der Waals surface area contributed by atoms with Crippen molar-refractivity contribution in [2.45, 2.75) is 25.9 Å². The van der Waals surface area contributed by atoms with E-state index in [2.05, 4.69) is 35.0 Å². The first kappa shape index (κ1) is 18.7. The third-order valence-corrected chi connectivity index (χ3v) is 4.48. The van der Waals surface area contributed by atoms with Crippen LogP contribution in [0.4, 0.5) is 4.79 Å². The van der Waals surface area contributed by atoms with Gasteiger partial charge in [0.15, 0.2) is 0 Å². The molecule has 27 heavy (non-hydrogen) atoms. The van der Waals surface area contributed by atoms with E-state index >= 15 is 0 Å². The third-order valence-electron chi connectivity index (χ3n) is 4.48. The number of carbonyl (C=O) groups is 2. The second-order valence-corrected chi connectivity index (χ2v) is 6.30. The van der Waals surface area contributed by atoms with E-state index in [1.807, 2.05) is 18.2 Å². The number of nitrogens with two attached hydrogens (primary N) is 1. The van der Waals surface area contributed by atoms with Gasteiger partial charge < -0.3 is 25.1 Å². The van der Waals surface area contributed by atoms with E-state index < -0.39 is 12.0 Å². The maximum Gasteiger partial charge on any atom is 0.338 e. The predicted molar refractivity (Wildman–Crippen MR) is 98.4 cm³/mol. The molecule has 2 amide bonds. The molecule has 7 nitrogen and oxygen atoms in total. The lowest BCUT2D eigenvalue weighted by Crippen LogP contribution is -2.86. The minimum Gasteiger partial charge on any atom is -0.467 e. The van der Waals surface area contributed by atoms with Crippen molar-refractivity contribution in [3.8, 4) is 0 Å². The Hall–Kier alpha value is -3.06. The molecule has 4 N–H and O–H groups in total. The number of esters is 1. The van der Waals surface area contributed by atoms with E-state index in [4.69, 9.17) is 9.15 Å². The highest BCUT2D eigenvalue weighted by Gasteiger charge is 2.36. The molecule has 0 spiro atoms. The van der Waals surface area contributed by atoms with Crippen molar-refractivity contribution in [3.05, 3.63) is 71.3 Å². The summed E-state index contributed by atoms with van der Waals surface area (Å²) in [5.41, 5.74) is 2.06. The molecule has 0 saturated carbocycles. The summed E-state index contributed by atoms with van der Waals surface area (Å²) in [6.45, 7) is 4.50. The average molecular weight is 370 g/mol. The molecule has 1 aliphatic heterocycles. The van der Waals surface area contributed by atoms with Crippen LogP contribution in [0.1, 0.15) is 37.3 Å². The summed E-state index contributed by atoms with van der Waals surface area (Å²) in [7, 11) is 0. The molecule has 3 rings (SSSR count). The van der Waals surface area contributed by atoms with Gasteiger partial charge in [-0.1, -0.05) is 30.3 Å². The van der Waals surface area contributed by atoms with Gasteiger partial charge in [-0.2, -0.15) is 0 Å². The van der Waals surface area contributed by atoms with E-state index in [-0.39, 0.29) is 18.7 Å². The molecule has 2 atom stereocenters. The lowest BCUT2D eigenvalue weighted by molar-refractivity contribution is -0.686. The fraction of sp³-hybridized carbons (Fsp3) is 0.300. The molecule has 0 radical (unpaired) electrons. The number of carbonyl (C=O) groups excluding carboxylic acids is 2. The Bertz CT molecular complexity index is 815. The van der Waals surface area contributed by atoms with Crippen LogP contribution in [0.25, 0.3) is 0 Å². The van der Waals surface area contributed by atoms with Crippen LogP contribution in [0.2, 0.25) is 0 Å². The molecule has 0 aliphatic carbocycles. The van der Waals surface area contributed by atoms with Gasteiger partial charge in [0.05, 0.1) is 24.1 Å². The Morgan fingerprint density at radius 1 is 1.26 bits per heavy atom. The molecule has 2 aromatic rings. The van der Waals surface area contributed by atoms with E-state index in [1.165, 1.54) is 11.8 Å². The van der Waals surface area contributed by atoms with Gasteiger partial charge in [-0.05, 0) is 26.0 Å². The quantitative estimate of drug-likeness (QED) is 0.647. The van der Waals surface area contributed by atoms with Crippen molar-refractivity contribution in [3.63, 3.8) is 0 Å². The number of rotatable bonds is 7. The van der Waals surface area contributed by atoms with Gasteiger partial charge in [-0.25, -0.2) is 9.59 Å². The Balaban J connectivity index is 1.87. The lowest BCUT2D eigenvalue weighted by Gasteiger charge is -2.27. The number of nitrogens with one attached hydrogen (secondary N) is 2. The van der Waals surface area contributed by atoms with E-state index in [0.29, 0.717) is 23.6 Å². The highest BCUT2D eigenvalue weighted by atomic mass is 16.5. The zero-order valence-corrected chi connectivity index (χ0v) is 15.4. The van der Waals surface area contributed by atoms with Gasteiger partial charge in [-0.15, -0.1) is 0 Å². The maximum absolute atomic E-state index is 12.6. The molecule has 0 unspecified atom stereocenters. The predicted octanol–water partition coefficient (Wildman–Crippen LogP) is 1.78. The van der Waals surface area contributed by atoms with Gasteiger partial charge in [-0.3, -0.25) is 0 Å². The number of ether oxygens (including phenoxy) is 1. The monoisotopic (exact) mass is 370 g/mol. The van der Waals surface area contributed by atoms with Crippen molar-refractivity contribution in [1.29, 1.82) is 0 Å². The van der Waals surface area contributed by atoms with Crippen LogP contribution in [0.15, 0.2) is 64.4 Å². The van der Waals surface area contributed by atoms with E-state index in [1.54, 1.807) is 19.1 Å². The van der Waals surface area contributed by atoms with Crippen LogP contribution >= 0.6 is 0 Å². The number of hydrogen-bond acceptors (Lipinski definition) is 4. The molecule has 0 saturated heterocycles. The zero-order chi connectivity index (χ0) is 19.2. The van der Waals surface area contributed by atoms with Gasteiger partial charge in [0.1, 0.15) is 24.4 Å². The molecule has 0 bridgehead atoms. The average Bonchev–Trinajstić information content (AvgIpc) is 3.21. The SMILES string of the molecule is CCOC(=O)C1=C(C[NH2+][C@H](C)c2ccccc2)NC(=O)N[C@@H]1c1ccco1. The van der Waals surface area contributed by atoms with Crippen molar-refractivity contribution in [2.75, 3.05) is 13.2 Å². The van der Waals surface area contributed by atoms with Crippen LogP contribution in [-0.4, -0.2) is 25.2 Å². The number of urea groups is 1. The van der Waals surface area contributed by atoms with Crippen molar-refractivity contribution in [1.82, 2.24) is 10.6 Å². The van der Waals surface area contributed by atoms with Gasteiger partial charge in [0.25, 0.3) is 0 Å². The Kier molecular flexibility index (Phi) is 5.93. The van der Waals surface area contributed by atoms with Gasteiger partial charge in [0, 0.05) is 5.56 Å². The lowest BCUT2D eigenvalue weighted by atomic mass is 9.99. The number of benzene rings is 1. The van der Waals surface area contributed by atoms with Gasteiger partial charge >= 0.3 is 12.0 Å². The standard InChI is InChI=1S/C20H23N3O4/c1-3-26-19(24)17-15(12-21-13(2)14-8-5-4-6-9-14)22-20(25)23-18(17)16-10-7-11-27-16/h4-11,13,18,21H,3,12H2,1-2H3,(H2,22,23,25)/p+1/t13-,18-/m1/s1. The number of amides is 2. The smallest absolute Gasteiger partial charge is 0.338 e. The second-order valence-electron chi connectivity index (χ2n) is 6.30. The molecule has 1 aromatic carbocycles. The van der Waals surface area contributed by atoms with Crippen LogP contribution in [0.5, 0.6) is 0 Å². The summed E-state index contributed by atoms with van der Waals surface area (Å²) in [5, 5.41) is 7.57. The normalized spacial score (nSPS) is 17.9. The highest BCUT2D eigenvalue weighted by molar-refractivity contribution is 5.95. The molecule has 142 valence electrons. The highest BCUT2D eigenvalue weighted by Crippen LogP contribution is 2.27. The van der Waals surface area contributed by atoms with Gasteiger partial charge in [0.2, 0.25) is 0 Å². The topological polar surface area (TPSA) is 97.2 Å². The number of quaternary nitrogens is 1. The van der Waals surface area contributed by atoms with Crippen LogP contribution < -0.4 is 16.0 Å². The first-order valence-corrected chi connectivity index (χ1v) is 8.99. The Morgan fingerprint density at radius 3 is 2.70 bits per heavy atom. The maximum atomic E-state index is 12.6. The summed E-state index contributed by atoms with van der Waals surface area (Å²) in [5.74, 6) is 0.0173. The molecule has 7 heteroatoms. The van der Waals surface area contributed by atoms with Crippen LogP contribution in [-0.2, 0) is 9.53 Å². The second kappa shape index (κ2) is 8.55.